The summed E-state index contributed by atoms with van der Waals surface area (Å²) in [7, 11) is -0.175. The first-order valence-electron chi connectivity index (χ1n) is 7.83. The molecule has 0 bridgehead atoms. The van der Waals surface area contributed by atoms with Crippen molar-refractivity contribution in [3.8, 4) is 0 Å². The molecular formula is C14H22N4O4S. The van der Waals surface area contributed by atoms with Crippen molar-refractivity contribution < 1.29 is 8.42 Å². The molecule has 1 aromatic rings. The molecule has 1 unspecified atom stereocenters. The van der Waals surface area contributed by atoms with Crippen molar-refractivity contribution in [2.24, 2.45) is 14.1 Å². The van der Waals surface area contributed by atoms with Gasteiger partial charge >= 0.3 is 5.69 Å². The minimum atomic E-state index is -3.24. The van der Waals surface area contributed by atoms with Crippen molar-refractivity contribution in [1.29, 1.82) is 0 Å². The molecule has 0 spiro atoms. The van der Waals surface area contributed by atoms with Gasteiger partial charge in [0.25, 0.3) is 5.56 Å². The zero-order chi connectivity index (χ0) is 16.8. The predicted molar refractivity (Wildman–Crippen MR) is 87.2 cm³/mol. The Balaban J connectivity index is 1.82. The summed E-state index contributed by atoms with van der Waals surface area (Å²) < 4.78 is 29.4. The smallest absolute Gasteiger partial charge is 0.332 e. The molecule has 1 saturated carbocycles. The van der Waals surface area contributed by atoms with Gasteiger partial charge in [0.05, 0.1) is 5.25 Å². The van der Waals surface area contributed by atoms with E-state index < -0.39 is 10.0 Å². The molecule has 23 heavy (non-hydrogen) atoms. The molecule has 0 radical (unpaired) electrons. The SMILES string of the molecule is Cn1c(N2CCCC(NS(=O)(=O)C3CC3)C2)cc(=O)n(C)c1=O. The lowest BCUT2D eigenvalue weighted by Gasteiger charge is -2.35. The topological polar surface area (TPSA) is 93.4 Å². The fraction of sp³-hybridized carbons (Fsp3) is 0.714. The second kappa shape index (κ2) is 5.79. The van der Waals surface area contributed by atoms with E-state index in [9.17, 15) is 18.0 Å². The van der Waals surface area contributed by atoms with Crippen LogP contribution in [0.5, 0.6) is 0 Å². The normalized spacial score (nSPS) is 22.3. The largest absolute Gasteiger partial charge is 0.356 e. The van der Waals surface area contributed by atoms with E-state index >= 15 is 0 Å². The van der Waals surface area contributed by atoms with Crippen molar-refractivity contribution in [2.45, 2.75) is 37.0 Å². The van der Waals surface area contributed by atoms with Gasteiger partial charge in [-0.1, -0.05) is 0 Å². The summed E-state index contributed by atoms with van der Waals surface area (Å²) in [5.41, 5.74) is -0.739. The molecule has 1 aromatic heterocycles. The highest BCUT2D eigenvalue weighted by Gasteiger charge is 2.37. The maximum atomic E-state index is 12.1. The van der Waals surface area contributed by atoms with E-state index in [0.29, 0.717) is 18.9 Å². The van der Waals surface area contributed by atoms with Crippen LogP contribution in [0.25, 0.3) is 0 Å². The minimum absolute atomic E-state index is 0.187. The maximum Gasteiger partial charge on any atom is 0.332 e. The lowest BCUT2D eigenvalue weighted by Crippen LogP contribution is -2.50. The van der Waals surface area contributed by atoms with Gasteiger partial charge in [-0.3, -0.25) is 13.9 Å². The van der Waals surface area contributed by atoms with Crippen LogP contribution in [0.2, 0.25) is 0 Å². The summed E-state index contributed by atoms with van der Waals surface area (Å²) in [6.45, 7) is 1.16. The monoisotopic (exact) mass is 342 g/mol. The Bertz CT molecular complexity index is 822. The second-order valence-electron chi connectivity index (χ2n) is 6.39. The molecule has 0 amide bonds. The van der Waals surface area contributed by atoms with Crippen molar-refractivity contribution in [2.75, 3.05) is 18.0 Å². The van der Waals surface area contributed by atoms with Crippen molar-refractivity contribution in [3.63, 3.8) is 0 Å². The summed E-state index contributed by atoms with van der Waals surface area (Å²) in [6.07, 6.45) is 3.03. The van der Waals surface area contributed by atoms with Crippen LogP contribution in [0.4, 0.5) is 5.82 Å². The van der Waals surface area contributed by atoms with Gasteiger partial charge in [-0.2, -0.15) is 0 Å². The molecule has 2 aliphatic rings. The summed E-state index contributed by atoms with van der Waals surface area (Å²) in [4.78, 5) is 25.8. The van der Waals surface area contributed by atoms with Gasteiger partial charge in [-0.05, 0) is 25.7 Å². The number of aromatic nitrogens is 2. The van der Waals surface area contributed by atoms with Gasteiger partial charge in [-0.25, -0.2) is 17.9 Å². The van der Waals surface area contributed by atoms with Crippen LogP contribution in [0.3, 0.4) is 0 Å². The molecule has 8 nitrogen and oxygen atoms in total. The minimum Gasteiger partial charge on any atom is -0.356 e. The summed E-state index contributed by atoms with van der Waals surface area (Å²) >= 11 is 0. The highest BCUT2D eigenvalue weighted by atomic mass is 32.2. The van der Waals surface area contributed by atoms with E-state index in [4.69, 9.17) is 0 Å². The van der Waals surface area contributed by atoms with Gasteiger partial charge in [0.1, 0.15) is 5.82 Å². The number of nitrogens with zero attached hydrogens (tertiary/aromatic N) is 3. The molecule has 1 aliphatic carbocycles. The third kappa shape index (κ3) is 3.20. The molecule has 3 rings (SSSR count). The summed E-state index contributed by atoms with van der Waals surface area (Å²) in [6, 6.07) is 1.24. The number of hydrogen-bond donors (Lipinski definition) is 1. The van der Waals surface area contributed by atoms with Gasteiger partial charge < -0.3 is 4.90 Å². The standard InChI is InChI=1S/C14H22N4O4S/c1-16-12(8-13(19)17(2)14(16)20)18-7-3-4-10(9-18)15-23(21,22)11-5-6-11/h8,10-11,15H,3-7,9H2,1-2H3. The lowest BCUT2D eigenvalue weighted by atomic mass is 10.1. The van der Waals surface area contributed by atoms with E-state index in [-0.39, 0.29) is 22.5 Å². The van der Waals surface area contributed by atoms with E-state index in [1.165, 1.54) is 17.7 Å². The molecule has 1 atom stereocenters. The van der Waals surface area contributed by atoms with Gasteiger partial charge in [0, 0.05) is 39.3 Å². The molecule has 2 heterocycles. The number of nitrogens with one attached hydrogen (secondary N) is 1. The molecule has 9 heteroatoms. The van der Waals surface area contributed by atoms with Crippen LogP contribution in [-0.4, -0.2) is 41.9 Å². The molecule has 1 N–H and O–H groups in total. The fourth-order valence-electron chi connectivity index (χ4n) is 3.01. The highest BCUT2D eigenvalue weighted by molar-refractivity contribution is 7.90. The average molecular weight is 342 g/mol. The Kier molecular flexibility index (Phi) is 4.09. The van der Waals surface area contributed by atoms with Gasteiger partial charge in [0.15, 0.2) is 0 Å². The van der Waals surface area contributed by atoms with Gasteiger partial charge in [0.2, 0.25) is 10.0 Å². The van der Waals surface area contributed by atoms with Crippen LogP contribution in [0, 0.1) is 0 Å². The van der Waals surface area contributed by atoms with Crippen molar-refractivity contribution in [3.05, 3.63) is 26.9 Å². The zero-order valence-electron chi connectivity index (χ0n) is 13.4. The van der Waals surface area contributed by atoms with E-state index in [0.717, 1.165) is 30.3 Å². The Morgan fingerprint density at radius 3 is 2.48 bits per heavy atom. The predicted octanol–water partition coefficient (Wildman–Crippen LogP) is -0.865. The van der Waals surface area contributed by atoms with E-state index in [1.807, 2.05) is 4.90 Å². The van der Waals surface area contributed by atoms with Crippen LogP contribution in [-0.2, 0) is 24.1 Å². The first-order chi connectivity index (χ1) is 10.8. The number of rotatable bonds is 4. The lowest BCUT2D eigenvalue weighted by molar-refractivity contribution is 0.458. The zero-order valence-corrected chi connectivity index (χ0v) is 14.2. The van der Waals surface area contributed by atoms with E-state index in [2.05, 4.69) is 4.72 Å². The number of hydrogen-bond acceptors (Lipinski definition) is 5. The third-order valence-corrected chi connectivity index (χ3v) is 6.55. The molecule has 2 fully saturated rings. The fourth-order valence-corrected chi connectivity index (χ4v) is 4.62. The molecule has 128 valence electrons. The Hall–Kier alpha value is -1.61. The molecular weight excluding hydrogens is 320 g/mol. The third-order valence-electron chi connectivity index (χ3n) is 4.54. The van der Waals surface area contributed by atoms with E-state index in [1.54, 1.807) is 7.05 Å². The first-order valence-corrected chi connectivity index (χ1v) is 9.37. The first kappa shape index (κ1) is 16.3. The van der Waals surface area contributed by atoms with Crippen LogP contribution >= 0.6 is 0 Å². The van der Waals surface area contributed by atoms with Crippen molar-refractivity contribution in [1.82, 2.24) is 13.9 Å². The Morgan fingerprint density at radius 2 is 1.83 bits per heavy atom. The molecule has 1 aliphatic heterocycles. The second-order valence-corrected chi connectivity index (χ2v) is 8.38. The number of piperidine rings is 1. The Morgan fingerprint density at radius 1 is 1.13 bits per heavy atom. The van der Waals surface area contributed by atoms with Crippen LogP contribution in [0.15, 0.2) is 15.7 Å². The number of anilines is 1. The maximum absolute atomic E-state index is 12.1. The Labute approximate surface area is 134 Å². The van der Waals surface area contributed by atoms with Crippen LogP contribution < -0.4 is 20.9 Å². The average Bonchev–Trinajstić information content (AvgIpc) is 3.34. The number of sulfonamides is 1. The van der Waals surface area contributed by atoms with Crippen molar-refractivity contribution >= 4 is 15.8 Å². The van der Waals surface area contributed by atoms with Gasteiger partial charge in [-0.15, -0.1) is 0 Å². The molecule has 1 saturated heterocycles. The molecule has 0 aromatic carbocycles. The van der Waals surface area contributed by atoms with Crippen LogP contribution in [0.1, 0.15) is 25.7 Å². The quantitative estimate of drug-likeness (QED) is 0.768. The highest BCUT2D eigenvalue weighted by Crippen LogP contribution is 2.28. The summed E-state index contributed by atoms with van der Waals surface area (Å²) in [5.74, 6) is 0.536. The summed E-state index contributed by atoms with van der Waals surface area (Å²) in [5, 5.41) is -0.244.